The van der Waals surface area contributed by atoms with Gasteiger partial charge in [0.25, 0.3) is 0 Å². The van der Waals surface area contributed by atoms with Gasteiger partial charge in [-0.25, -0.2) is 0 Å². The van der Waals surface area contributed by atoms with Crippen LogP contribution in [0.4, 0.5) is 0 Å². The van der Waals surface area contributed by atoms with Gasteiger partial charge in [0.1, 0.15) is 5.75 Å². The van der Waals surface area contributed by atoms with Crippen LogP contribution in [0.15, 0.2) is 53.0 Å². The summed E-state index contributed by atoms with van der Waals surface area (Å²) in [6.07, 6.45) is 1.96. The lowest BCUT2D eigenvalue weighted by molar-refractivity contribution is 0.317. The molecular formula is C18H22BrNO. The van der Waals surface area contributed by atoms with E-state index in [0.29, 0.717) is 12.5 Å². The van der Waals surface area contributed by atoms with E-state index in [-0.39, 0.29) is 0 Å². The molecule has 2 N–H and O–H groups in total. The van der Waals surface area contributed by atoms with Crippen molar-refractivity contribution >= 4 is 15.9 Å². The zero-order valence-electron chi connectivity index (χ0n) is 12.4. The van der Waals surface area contributed by atoms with Gasteiger partial charge in [-0.1, -0.05) is 53.2 Å². The lowest BCUT2D eigenvalue weighted by Crippen LogP contribution is -2.15. The van der Waals surface area contributed by atoms with E-state index < -0.39 is 0 Å². The minimum absolute atomic E-state index is 0.322. The van der Waals surface area contributed by atoms with Crippen LogP contribution in [-0.2, 0) is 6.42 Å². The maximum absolute atomic E-state index is 5.97. The number of nitrogens with two attached hydrogens (primary N) is 1. The normalized spacial score (nSPS) is 12.1. The van der Waals surface area contributed by atoms with E-state index in [1.54, 1.807) is 0 Å². The van der Waals surface area contributed by atoms with E-state index >= 15 is 0 Å². The Kier molecular flexibility index (Phi) is 6.27. The number of benzene rings is 2. The Morgan fingerprint density at radius 2 is 1.81 bits per heavy atom. The Morgan fingerprint density at radius 3 is 2.43 bits per heavy atom. The molecule has 0 bridgehead atoms. The fraction of sp³-hybridized carbons (Fsp3) is 0.333. The van der Waals surface area contributed by atoms with Gasteiger partial charge in [0.2, 0.25) is 0 Å². The van der Waals surface area contributed by atoms with Crippen LogP contribution < -0.4 is 10.5 Å². The summed E-state index contributed by atoms with van der Waals surface area (Å²) in [5.41, 5.74) is 8.52. The quantitative estimate of drug-likeness (QED) is 0.798. The standard InChI is InChI=1S/C18H22BrNO/c1-2-11-21-16-9-7-14(8-10-16)12-15(13-20)17-5-3-4-6-18(17)19/h3-10,15H,2,11-13,20H2,1H3. The van der Waals surface area contributed by atoms with E-state index in [1.807, 2.05) is 18.2 Å². The van der Waals surface area contributed by atoms with Gasteiger partial charge >= 0.3 is 0 Å². The van der Waals surface area contributed by atoms with Gasteiger partial charge in [-0.05, 0) is 48.7 Å². The van der Waals surface area contributed by atoms with Gasteiger partial charge in [0, 0.05) is 10.4 Å². The fourth-order valence-corrected chi connectivity index (χ4v) is 2.96. The summed E-state index contributed by atoms with van der Waals surface area (Å²) in [5.74, 6) is 1.26. The Bertz CT molecular complexity index is 553. The van der Waals surface area contributed by atoms with Gasteiger partial charge in [-0.2, -0.15) is 0 Å². The van der Waals surface area contributed by atoms with Gasteiger partial charge in [-0.3, -0.25) is 0 Å². The lowest BCUT2D eigenvalue weighted by Gasteiger charge is -2.17. The van der Waals surface area contributed by atoms with Crippen LogP contribution in [0.1, 0.15) is 30.4 Å². The highest BCUT2D eigenvalue weighted by Crippen LogP contribution is 2.27. The van der Waals surface area contributed by atoms with E-state index in [2.05, 4.69) is 53.2 Å². The van der Waals surface area contributed by atoms with E-state index in [0.717, 1.165) is 29.7 Å². The summed E-state index contributed by atoms with van der Waals surface area (Å²) >= 11 is 3.62. The average molecular weight is 348 g/mol. The molecule has 3 heteroatoms. The number of rotatable bonds is 7. The molecule has 0 saturated carbocycles. The Balaban J connectivity index is 2.07. The summed E-state index contributed by atoms with van der Waals surface area (Å²) in [5, 5.41) is 0. The molecule has 2 aromatic carbocycles. The maximum Gasteiger partial charge on any atom is 0.119 e. The monoisotopic (exact) mass is 347 g/mol. The minimum Gasteiger partial charge on any atom is -0.494 e. The molecular weight excluding hydrogens is 326 g/mol. The molecule has 0 amide bonds. The summed E-state index contributed by atoms with van der Waals surface area (Å²) < 4.78 is 6.74. The molecule has 2 rings (SSSR count). The first kappa shape index (κ1) is 16.1. The number of hydrogen-bond donors (Lipinski definition) is 1. The number of ether oxygens (including phenoxy) is 1. The Morgan fingerprint density at radius 1 is 1.10 bits per heavy atom. The molecule has 0 aliphatic rings. The van der Waals surface area contributed by atoms with Crippen molar-refractivity contribution in [2.24, 2.45) is 5.73 Å². The van der Waals surface area contributed by atoms with E-state index in [1.165, 1.54) is 11.1 Å². The summed E-state index contributed by atoms with van der Waals surface area (Å²) in [7, 11) is 0. The highest BCUT2D eigenvalue weighted by atomic mass is 79.9. The first-order valence-electron chi connectivity index (χ1n) is 7.40. The third-order valence-corrected chi connectivity index (χ3v) is 4.23. The number of halogens is 1. The molecule has 0 heterocycles. The van der Waals surface area contributed by atoms with E-state index in [4.69, 9.17) is 10.5 Å². The molecule has 2 nitrogen and oxygen atoms in total. The third kappa shape index (κ3) is 4.58. The first-order chi connectivity index (χ1) is 10.2. The van der Waals surface area contributed by atoms with Crippen molar-refractivity contribution in [3.8, 4) is 5.75 Å². The SMILES string of the molecule is CCCOc1ccc(CC(CN)c2ccccc2Br)cc1. The van der Waals surface area contributed by atoms with Crippen LogP contribution in [0.25, 0.3) is 0 Å². The molecule has 0 aliphatic carbocycles. The molecule has 112 valence electrons. The van der Waals surface area contributed by atoms with Gasteiger partial charge in [0.05, 0.1) is 6.61 Å². The van der Waals surface area contributed by atoms with Crippen molar-refractivity contribution in [1.29, 1.82) is 0 Å². The minimum atomic E-state index is 0.322. The highest BCUT2D eigenvalue weighted by molar-refractivity contribution is 9.10. The summed E-state index contributed by atoms with van der Waals surface area (Å²) in [6.45, 7) is 3.51. The van der Waals surface area contributed by atoms with Crippen molar-refractivity contribution in [2.75, 3.05) is 13.2 Å². The van der Waals surface area contributed by atoms with Gasteiger partial charge in [-0.15, -0.1) is 0 Å². The zero-order valence-corrected chi connectivity index (χ0v) is 14.0. The summed E-state index contributed by atoms with van der Waals surface area (Å²) in [4.78, 5) is 0. The Labute approximate surface area is 135 Å². The second-order valence-corrected chi connectivity index (χ2v) is 6.01. The van der Waals surface area contributed by atoms with Crippen molar-refractivity contribution in [3.05, 3.63) is 64.1 Å². The van der Waals surface area contributed by atoms with Crippen LogP contribution in [-0.4, -0.2) is 13.2 Å². The molecule has 0 spiro atoms. The molecule has 1 unspecified atom stereocenters. The second-order valence-electron chi connectivity index (χ2n) is 5.15. The Hall–Kier alpha value is -1.32. The van der Waals surface area contributed by atoms with Crippen LogP contribution >= 0.6 is 15.9 Å². The molecule has 0 fully saturated rings. The largest absolute Gasteiger partial charge is 0.494 e. The molecule has 2 aromatic rings. The van der Waals surface area contributed by atoms with Crippen LogP contribution in [0, 0.1) is 0 Å². The zero-order chi connectivity index (χ0) is 15.1. The third-order valence-electron chi connectivity index (χ3n) is 3.51. The van der Waals surface area contributed by atoms with Crippen molar-refractivity contribution in [2.45, 2.75) is 25.7 Å². The van der Waals surface area contributed by atoms with Crippen molar-refractivity contribution in [1.82, 2.24) is 0 Å². The molecule has 0 saturated heterocycles. The predicted molar refractivity (Wildman–Crippen MR) is 91.9 cm³/mol. The van der Waals surface area contributed by atoms with Crippen molar-refractivity contribution in [3.63, 3.8) is 0 Å². The smallest absolute Gasteiger partial charge is 0.119 e. The summed E-state index contributed by atoms with van der Waals surface area (Å²) in [6, 6.07) is 16.6. The molecule has 0 aromatic heterocycles. The molecule has 1 atom stereocenters. The van der Waals surface area contributed by atoms with E-state index in [9.17, 15) is 0 Å². The second kappa shape index (κ2) is 8.20. The topological polar surface area (TPSA) is 35.2 Å². The number of hydrogen-bond acceptors (Lipinski definition) is 2. The molecule has 0 aliphatic heterocycles. The highest BCUT2D eigenvalue weighted by Gasteiger charge is 2.13. The van der Waals surface area contributed by atoms with Crippen LogP contribution in [0.3, 0.4) is 0 Å². The van der Waals surface area contributed by atoms with Gasteiger partial charge in [0.15, 0.2) is 0 Å². The molecule has 0 radical (unpaired) electrons. The predicted octanol–water partition coefficient (Wildman–Crippen LogP) is 4.52. The lowest BCUT2D eigenvalue weighted by atomic mass is 9.92. The average Bonchev–Trinajstić information content (AvgIpc) is 2.52. The van der Waals surface area contributed by atoms with Gasteiger partial charge < -0.3 is 10.5 Å². The maximum atomic E-state index is 5.97. The first-order valence-corrected chi connectivity index (χ1v) is 8.20. The van der Waals surface area contributed by atoms with Crippen LogP contribution in [0.5, 0.6) is 5.75 Å². The molecule has 21 heavy (non-hydrogen) atoms. The van der Waals surface area contributed by atoms with Crippen molar-refractivity contribution < 1.29 is 4.74 Å². The van der Waals surface area contributed by atoms with Crippen LogP contribution in [0.2, 0.25) is 0 Å². The fourth-order valence-electron chi connectivity index (χ4n) is 2.35.